The Morgan fingerprint density at radius 3 is 2.52 bits per heavy atom. The van der Waals surface area contributed by atoms with Crippen LogP contribution >= 0.6 is 0 Å². The van der Waals surface area contributed by atoms with E-state index in [0.717, 1.165) is 0 Å². The summed E-state index contributed by atoms with van der Waals surface area (Å²) in [6, 6.07) is 7.31. The van der Waals surface area contributed by atoms with Crippen LogP contribution in [0.5, 0.6) is 5.75 Å². The fraction of sp³-hybridized carbons (Fsp3) is 0.333. The van der Waals surface area contributed by atoms with Crippen molar-refractivity contribution in [3.05, 3.63) is 54.2 Å². The lowest BCUT2D eigenvalue weighted by Gasteiger charge is -2.35. The van der Waals surface area contributed by atoms with Crippen LogP contribution in [0.2, 0.25) is 0 Å². The van der Waals surface area contributed by atoms with Crippen molar-refractivity contribution in [1.82, 2.24) is 9.80 Å². The van der Waals surface area contributed by atoms with E-state index in [-0.39, 0.29) is 11.8 Å². The van der Waals surface area contributed by atoms with E-state index < -0.39 is 11.9 Å². The Hall–Kier alpha value is -2.83. The van der Waals surface area contributed by atoms with Crippen molar-refractivity contribution in [2.45, 2.75) is 13.0 Å². The Balaban J connectivity index is 1.53. The van der Waals surface area contributed by atoms with Crippen LogP contribution in [-0.2, 0) is 4.79 Å². The third kappa shape index (κ3) is 3.99. The molecule has 1 fully saturated rings. The summed E-state index contributed by atoms with van der Waals surface area (Å²) >= 11 is 0. The highest BCUT2D eigenvalue weighted by atomic mass is 19.1. The van der Waals surface area contributed by atoms with Gasteiger partial charge >= 0.3 is 0 Å². The fourth-order valence-corrected chi connectivity index (χ4v) is 2.75. The summed E-state index contributed by atoms with van der Waals surface area (Å²) < 4.78 is 23.6. The van der Waals surface area contributed by atoms with E-state index in [2.05, 4.69) is 0 Å². The van der Waals surface area contributed by atoms with Gasteiger partial charge < -0.3 is 19.0 Å². The number of halogens is 1. The number of hydrogen-bond donors (Lipinski definition) is 0. The van der Waals surface area contributed by atoms with Gasteiger partial charge in [0.05, 0.1) is 11.8 Å². The van der Waals surface area contributed by atoms with Crippen molar-refractivity contribution in [1.29, 1.82) is 0 Å². The molecular formula is C18H19FN2O4. The second-order valence-electron chi connectivity index (χ2n) is 5.85. The molecule has 1 atom stereocenters. The predicted octanol–water partition coefficient (Wildman–Crippen LogP) is 2.17. The highest BCUT2D eigenvalue weighted by Crippen LogP contribution is 2.16. The summed E-state index contributed by atoms with van der Waals surface area (Å²) in [5.74, 6) is -0.386. The summed E-state index contributed by atoms with van der Waals surface area (Å²) in [5.41, 5.74) is 0.502. The van der Waals surface area contributed by atoms with Crippen molar-refractivity contribution in [2.24, 2.45) is 0 Å². The molecule has 6 nitrogen and oxygen atoms in total. The molecule has 1 aromatic heterocycles. The number of piperazine rings is 1. The smallest absolute Gasteiger partial charge is 0.263 e. The van der Waals surface area contributed by atoms with E-state index in [1.807, 2.05) is 0 Å². The molecule has 0 aliphatic carbocycles. The van der Waals surface area contributed by atoms with Gasteiger partial charge in [0.1, 0.15) is 17.8 Å². The lowest BCUT2D eigenvalue weighted by molar-refractivity contribution is -0.139. The molecule has 7 heteroatoms. The van der Waals surface area contributed by atoms with E-state index in [9.17, 15) is 14.0 Å². The Labute approximate surface area is 144 Å². The number of carbonyl (C=O) groups excluding carboxylic acids is 2. The SMILES string of the molecule is CC(Oc1cccc(F)c1)C(=O)N1CCN(C(=O)c2ccoc2)CC1. The minimum absolute atomic E-state index is 0.107. The molecule has 3 rings (SSSR count). The molecule has 2 aromatic rings. The van der Waals surface area contributed by atoms with Gasteiger partial charge in [0, 0.05) is 32.2 Å². The van der Waals surface area contributed by atoms with Gasteiger partial charge in [-0.25, -0.2) is 4.39 Å². The standard InChI is InChI=1S/C18H19FN2O4/c1-13(25-16-4-2-3-15(19)11-16)17(22)20-6-8-21(9-7-20)18(23)14-5-10-24-12-14/h2-5,10-13H,6-9H2,1H3. The Morgan fingerprint density at radius 2 is 1.88 bits per heavy atom. The molecule has 2 heterocycles. The summed E-state index contributed by atoms with van der Waals surface area (Å²) in [5, 5.41) is 0. The summed E-state index contributed by atoms with van der Waals surface area (Å²) in [6.45, 7) is 3.39. The quantitative estimate of drug-likeness (QED) is 0.851. The number of furan rings is 1. The first-order valence-electron chi connectivity index (χ1n) is 8.07. The summed E-state index contributed by atoms with van der Waals surface area (Å²) in [4.78, 5) is 28.1. The molecule has 0 radical (unpaired) electrons. The lowest BCUT2D eigenvalue weighted by Crippen LogP contribution is -2.53. The van der Waals surface area contributed by atoms with Crippen LogP contribution in [0.3, 0.4) is 0 Å². The summed E-state index contributed by atoms with van der Waals surface area (Å²) in [6.07, 6.45) is 2.14. The first-order valence-corrected chi connectivity index (χ1v) is 8.07. The largest absolute Gasteiger partial charge is 0.481 e. The van der Waals surface area contributed by atoms with Crippen LogP contribution in [0.25, 0.3) is 0 Å². The molecule has 0 saturated carbocycles. The average Bonchev–Trinajstić information content (AvgIpc) is 3.15. The number of carbonyl (C=O) groups is 2. The lowest BCUT2D eigenvalue weighted by atomic mass is 10.2. The zero-order chi connectivity index (χ0) is 17.8. The normalized spacial score (nSPS) is 15.8. The van der Waals surface area contributed by atoms with Gasteiger partial charge in [0.25, 0.3) is 11.8 Å². The van der Waals surface area contributed by atoms with Crippen LogP contribution in [0.15, 0.2) is 47.3 Å². The van der Waals surface area contributed by atoms with Crippen molar-refractivity contribution in [2.75, 3.05) is 26.2 Å². The van der Waals surface area contributed by atoms with Gasteiger partial charge in [-0.05, 0) is 25.1 Å². The number of amides is 2. The van der Waals surface area contributed by atoms with Crippen LogP contribution in [0, 0.1) is 5.82 Å². The number of hydrogen-bond acceptors (Lipinski definition) is 4. The van der Waals surface area contributed by atoms with E-state index in [1.165, 1.54) is 30.7 Å². The van der Waals surface area contributed by atoms with Gasteiger partial charge in [0.2, 0.25) is 0 Å². The second kappa shape index (κ2) is 7.38. The first kappa shape index (κ1) is 17.0. The Bertz CT molecular complexity index is 739. The van der Waals surface area contributed by atoms with E-state index >= 15 is 0 Å². The van der Waals surface area contributed by atoms with Gasteiger partial charge in [0.15, 0.2) is 6.10 Å². The molecule has 0 N–H and O–H groups in total. The maximum atomic E-state index is 13.2. The monoisotopic (exact) mass is 346 g/mol. The van der Waals surface area contributed by atoms with Crippen LogP contribution in [-0.4, -0.2) is 53.9 Å². The molecular weight excluding hydrogens is 327 g/mol. The first-order chi connectivity index (χ1) is 12.0. The second-order valence-corrected chi connectivity index (χ2v) is 5.85. The third-order valence-corrected chi connectivity index (χ3v) is 4.10. The fourth-order valence-electron chi connectivity index (χ4n) is 2.75. The summed E-state index contributed by atoms with van der Waals surface area (Å²) in [7, 11) is 0. The van der Waals surface area contributed by atoms with Gasteiger partial charge in [-0.3, -0.25) is 9.59 Å². The Kier molecular flexibility index (Phi) is 5.02. The molecule has 0 bridgehead atoms. The zero-order valence-electron chi connectivity index (χ0n) is 13.9. The van der Waals surface area contributed by atoms with Gasteiger partial charge in [-0.1, -0.05) is 6.07 Å². The molecule has 1 saturated heterocycles. The van der Waals surface area contributed by atoms with Crippen LogP contribution in [0.1, 0.15) is 17.3 Å². The third-order valence-electron chi connectivity index (χ3n) is 4.10. The van der Waals surface area contributed by atoms with Gasteiger partial charge in [-0.2, -0.15) is 0 Å². The Morgan fingerprint density at radius 1 is 1.16 bits per heavy atom. The molecule has 132 valence electrons. The van der Waals surface area contributed by atoms with E-state index in [4.69, 9.17) is 9.15 Å². The zero-order valence-corrected chi connectivity index (χ0v) is 13.9. The minimum Gasteiger partial charge on any atom is -0.481 e. The number of rotatable bonds is 4. The molecule has 0 spiro atoms. The van der Waals surface area contributed by atoms with E-state index in [1.54, 1.807) is 28.9 Å². The topological polar surface area (TPSA) is 63.0 Å². The number of nitrogens with zero attached hydrogens (tertiary/aromatic N) is 2. The predicted molar refractivity (Wildman–Crippen MR) is 87.7 cm³/mol. The molecule has 1 aromatic carbocycles. The number of ether oxygens (including phenoxy) is 1. The van der Waals surface area contributed by atoms with Crippen LogP contribution in [0.4, 0.5) is 4.39 Å². The maximum Gasteiger partial charge on any atom is 0.263 e. The van der Waals surface area contributed by atoms with Crippen molar-refractivity contribution in [3.63, 3.8) is 0 Å². The minimum atomic E-state index is -0.724. The van der Waals surface area contributed by atoms with Crippen molar-refractivity contribution < 1.29 is 23.1 Å². The highest BCUT2D eigenvalue weighted by molar-refractivity contribution is 5.94. The highest BCUT2D eigenvalue weighted by Gasteiger charge is 2.28. The maximum absolute atomic E-state index is 13.2. The molecule has 25 heavy (non-hydrogen) atoms. The molecule has 2 amide bonds. The number of benzene rings is 1. The molecule has 1 aliphatic heterocycles. The molecule has 1 aliphatic rings. The van der Waals surface area contributed by atoms with Gasteiger partial charge in [-0.15, -0.1) is 0 Å². The van der Waals surface area contributed by atoms with Crippen LogP contribution < -0.4 is 4.74 Å². The molecule has 1 unspecified atom stereocenters. The van der Waals surface area contributed by atoms with Crippen molar-refractivity contribution in [3.8, 4) is 5.75 Å². The average molecular weight is 346 g/mol. The van der Waals surface area contributed by atoms with Crippen molar-refractivity contribution >= 4 is 11.8 Å². The van der Waals surface area contributed by atoms with E-state index in [0.29, 0.717) is 37.5 Å².